The second kappa shape index (κ2) is 5.61. The summed E-state index contributed by atoms with van der Waals surface area (Å²) in [7, 11) is -9.74. The molecule has 1 aromatic rings. The second-order valence-corrected chi connectivity index (χ2v) is 7.93. The summed E-state index contributed by atoms with van der Waals surface area (Å²) in [6, 6.07) is 3.48. The molecule has 0 radical (unpaired) electrons. The molecule has 102 valence electrons. The molecule has 0 aliphatic heterocycles. The van der Waals surface area contributed by atoms with Crippen LogP contribution in [-0.2, 0) is 22.1 Å². The van der Waals surface area contributed by atoms with Crippen molar-refractivity contribution in [2.24, 2.45) is 0 Å². The topological polar surface area (TPSA) is 119 Å². The summed E-state index contributed by atoms with van der Waals surface area (Å²) in [5.74, 6) is 0. The second-order valence-electron chi connectivity index (χ2n) is 3.92. The Kier molecular flexibility index (Phi) is 4.84. The Labute approximate surface area is 104 Å². The fraction of sp³-hybridized carbons (Fsp3) is 0.444. The number of hydrogen-bond donors (Lipinski definition) is 4. The number of rotatable bonds is 5. The van der Waals surface area contributed by atoms with E-state index in [9.17, 15) is 9.13 Å². The molecule has 0 aliphatic rings. The fourth-order valence-corrected chi connectivity index (χ4v) is 3.87. The van der Waals surface area contributed by atoms with Gasteiger partial charge in [0.05, 0.1) is 0 Å². The molecule has 0 spiro atoms. The van der Waals surface area contributed by atoms with Crippen LogP contribution in [0.5, 0.6) is 0 Å². The lowest BCUT2D eigenvalue weighted by Gasteiger charge is -2.16. The summed E-state index contributed by atoms with van der Waals surface area (Å²) in [4.78, 5) is 36.0. The largest absolute Gasteiger partial charge is 0.347 e. The Morgan fingerprint density at radius 1 is 1.22 bits per heavy atom. The normalized spacial score (nSPS) is 13.0. The van der Waals surface area contributed by atoms with E-state index in [1.807, 2.05) is 13.0 Å². The number of nitrogens with zero attached hydrogens (tertiary/aromatic N) is 1. The molecule has 0 atom stereocenters. The molecule has 0 saturated carbocycles. The molecule has 0 aromatic carbocycles. The Morgan fingerprint density at radius 3 is 2.22 bits per heavy atom. The van der Waals surface area contributed by atoms with Gasteiger partial charge in [-0.15, -0.1) is 0 Å². The smallest absolute Gasteiger partial charge is 0.324 e. The molecule has 0 unspecified atom stereocenters. The van der Waals surface area contributed by atoms with Crippen LogP contribution in [0.4, 0.5) is 0 Å². The number of aromatic nitrogens is 1. The van der Waals surface area contributed by atoms with Crippen molar-refractivity contribution in [3.05, 3.63) is 30.1 Å². The van der Waals surface area contributed by atoms with E-state index in [1.54, 1.807) is 12.3 Å². The minimum atomic E-state index is -4.87. The van der Waals surface area contributed by atoms with Gasteiger partial charge in [0.25, 0.3) is 0 Å². The van der Waals surface area contributed by atoms with Crippen LogP contribution in [0.1, 0.15) is 12.5 Å². The SMILES string of the molecule is CCc1ccc[n+](CC(P(=O)(O)O)P(=O)(O)O)c1. The third kappa shape index (κ3) is 4.28. The van der Waals surface area contributed by atoms with E-state index in [0.29, 0.717) is 0 Å². The highest BCUT2D eigenvalue weighted by Gasteiger charge is 2.46. The van der Waals surface area contributed by atoms with Crippen molar-refractivity contribution in [2.45, 2.75) is 25.3 Å². The Bertz CT molecular complexity index is 486. The van der Waals surface area contributed by atoms with Crippen molar-refractivity contribution < 1.29 is 33.3 Å². The van der Waals surface area contributed by atoms with Gasteiger partial charge in [-0.25, -0.2) is 4.57 Å². The highest BCUT2D eigenvalue weighted by atomic mass is 31.2. The molecule has 0 aliphatic carbocycles. The van der Waals surface area contributed by atoms with Crippen LogP contribution in [0, 0.1) is 0 Å². The van der Waals surface area contributed by atoms with Gasteiger partial charge in [-0.1, -0.05) is 6.92 Å². The summed E-state index contributed by atoms with van der Waals surface area (Å²) in [6.07, 6.45) is 3.84. The zero-order valence-electron chi connectivity index (χ0n) is 9.75. The monoisotopic (exact) mass is 296 g/mol. The van der Waals surface area contributed by atoms with E-state index in [-0.39, 0.29) is 0 Å². The molecule has 1 rings (SSSR count). The summed E-state index contributed by atoms with van der Waals surface area (Å²) in [6.45, 7) is 1.48. The Balaban J connectivity index is 3.04. The van der Waals surface area contributed by atoms with Crippen molar-refractivity contribution in [1.29, 1.82) is 0 Å². The molecular formula is C9H16NO6P2+. The molecule has 18 heavy (non-hydrogen) atoms. The summed E-state index contributed by atoms with van der Waals surface area (Å²) in [5, 5.41) is -2.01. The highest BCUT2D eigenvalue weighted by molar-refractivity contribution is 7.70. The lowest BCUT2D eigenvalue weighted by Crippen LogP contribution is -2.39. The first-order valence-corrected chi connectivity index (χ1v) is 8.59. The quantitative estimate of drug-likeness (QED) is 0.456. The highest BCUT2D eigenvalue weighted by Crippen LogP contribution is 2.59. The molecule has 0 amide bonds. The van der Waals surface area contributed by atoms with Crippen LogP contribution in [-0.4, -0.2) is 25.0 Å². The van der Waals surface area contributed by atoms with Gasteiger partial charge in [-0.05, 0) is 12.5 Å². The lowest BCUT2D eigenvalue weighted by atomic mass is 10.2. The van der Waals surface area contributed by atoms with Crippen LogP contribution in [0.15, 0.2) is 24.5 Å². The first-order valence-electron chi connectivity index (χ1n) is 5.23. The van der Waals surface area contributed by atoms with Crippen molar-refractivity contribution >= 4 is 15.2 Å². The third-order valence-corrected chi connectivity index (χ3v) is 6.16. The van der Waals surface area contributed by atoms with Crippen LogP contribution >= 0.6 is 15.2 Å². The number of pyridine rings is 1. The van der Waals surface area contributed by atoms with E-state index in [0.717, 1.165) is 12.0 Å². The van der Waals surface area contributed by atoms with Crippen molar-refractivity contribution in [2.75, 3.05) is 0 Å². The molecule has 1 aromatic heterocycles. The molecule has 7 nitrogen and oxygen atoms in total. The summed E-state index contributed by atoms with van der Waals surface area (Å²) < 4.78 is 23.6. The van der Waals surface area contributed by atoms with Crippen LogP contribution in [0.25, 0.3) is 0 Å². The summed E-state index contributed by atoms with van der Waals surface area (Å²) >= 11 is 0. The van der Waals surface area contributed by atoms with Gasteiger partial charge < -0.3 is 19.6 Å². The molecule has 9 heteroatoms. The van der Waals surface area contributed by atoms with E-state index in [1.165, 1.54) is 10.8 Å². The minimum Gasteiger partial charge on any atom is -0.324 e. The number of hydrogen-bond acceptors (Lipinski definition) is 2. The number of aryl methyl sites for hydroxylation is 1. The van der Waals surface area contributed by atoms with E-state index in [4.69, 9.17) is 19.6 Å². The molecular weight excluding hydrogens is 280 g/mol. The van der Waals surface area contributed by atoms with Gasteiger partial charge in [-0.3, -0.25) is 9.13 Å². The molecule has 0 saturated heterocycles. The minimum absolute atomic E-state index is 0.428. The van der Waals surface area contributed by atoms with Crippen LogP contribution < -0.4 is 4.57 Å². The van der Waals surface area contributed by atoms with Gasteiger partial charge in [0.15, 0.2) is 18.9 Å². The maximum absolute atomic E-state index is 11.1. The van der Waals surface area contributed by atoms with E-state index in [2.05, 4.69) is 0 Å². The molecule has 0 bridgehead atoms. The van der Waals surface area contributed by atoms with Gasteiger partial charge in [-0.2, -0.15) is 0 Å². The molecule has 4 N–H and O–H groups in total. The molecule has 1 heterocycles. The van der Waals surface area contributed by atoms with Crippen LogP contribution in [0.3, 0.4) is 0 Å². The summed E-state index contributed by atoms with van der Waals surface area (Å²) in [5.41, 5.74) is 0.910. The van der Waals surface area contributed by atoms with Crippen LogP contribution in [0.2, 0.25) is 0 Å². The maximum Gasteiger partial charge on any atom is 0.347 e. The lowest BCUT2D eigenvalue weighted by molar-refractivity contribution is -0.695. The van der Waals surface area contributed by atoms with Gasteiger partial charge in [0, 0.05) is 11.6 Å². The average Bonchev–Trinajstić information content (AvgIpc) is 2.23. The average molecular weight is 296 g/mol. The van der Waals surface area contributed by atoms with E-state index >= 15 is 0 Å². The predicted octanol–water partition coefficient (Wildman–Crippen LogP) is 0.218. The first kappa shape index (κ1) is 15.5. The molecule has 0 fully saturated rings. The zero-order valence-corrected chi connectivity index (χ0v) is 11.5. The van der Waals surface area contributed by atoms with Gasteiger partial charge in [0.1, 0.15) is 0 Å². The standard InChI is InChI=1S/C9H15NO6P2/c1-2-8-4-3-5-10(6-8)7-9(17(11,12)13)18(14,15)16/h3-6,9H,2,7H2,1H3,(H3-,11,12,13,14,15,16)/p+1. The Morgan fingerprint density at radius 2 is 1.78 bits per heavy atom. The predicted molar refractivity (Wildman–Crippen MR) is 63.9 cm³/mol. The Hall–Kier alpha value is -0.550. The van der Waals surface area contributed by atoms with Crippen molar-refractivity contribution in [3.63, 3.8) is 0 Å². The van der Waals surface area contributed by atoms with Gasteiger partial charge >= 0.3 is 15.2 Å². The van der Waals surface area contributed by atoms with Crippen molar-refractivity contribution in [1.82, 2.24) is 0 Å². The fourth-order valence-electron chi connectivity index (χ4n) is 1.50. The first-order chi connectivity index (χ1) is 8.14. The van der Waals surface area contributed by atoms with Gasteiger partial charge in [0.2, 0.25) is 5.40 Å². The van der Waals surface area contributed by atoms with Crippen molar-refractivity contribution in [3.8, 4) is 0 Å². The maximum atomic E-state index is 11.1. The third-order valence-electron chi connectivity index (χ3n) is 2.48. The zero-order chi connectivity index (χ0) is 14.0. The van der Waals surface area contributed by atoms with E-state index < -0.39 is 27.1 Å².